The molecule has 5 rings (SSSR count). The van der Waals surface area contributed by atoms with Gasteiger partial charge in [-0.2, -0.15) is 8.42 Å². The minimum Gasteiger partial charge on any atom is -0.383 e. The number of rotatable bonds is 14. The standard InChI is InChI=1S/C37H38N2O5S/c1-43-27-25-38(31-11-5-3-6-12-31)33-21-17-29(18-22-33)37(35-15-9-10-16-36(35)45(40,41)42)30-19-23-34(24-20-30)39(26-28-44-2)32-13-7-4-8-14-32/h3-24,37H,25-28H2,1-2H3,(H,40,41,42). The van der Waals surface area contributed by atoms with E-state index in [1.54, 1.807) is 32.4 Å². The highest BCUT2D eigenvalue weighted by molar-refractivity contribution is 7.85. The number of hydrogen-bond acceptors (Lipinski definition) is 6. The first-order valence-electron chi connectivity index (χ1n) is 14.8. The van der Waals surface area contributed by atoms with Crippen molar-refractivity contribution in [1.29, 1.82) is 0 Å². The van der Waals surface area contributed by atoms with Crippen LogP contribution < -0.4 is 9.80 Å². The van der Waals surface area contributed by atoms with Gasteiger partial charge in [0.1, 0.15) is 0 Å². The molecule has 0 amide bonds. The third-order valence-electron chi connectivity index (χ3n) is 7.76. The number of nitrogens with zero attached hydrogens (tertiary/aromatic N) is 2. The van der Waals surface area contributed by atoms with Gasteiger partial charge in [-0.1, -0.05) is 78.9 Å². The number of para-hydroxylation sites is 2. The molecule has 0 heterocycles. The molecule has 5 aromatic rings. The highest BCUT2D eigenvalue weighted by atomic mass is 32.2. The summed E-state index contributed by atoms with van der Waals surface area (Å²) in [6.07, 6.45) is 0. The molecular formula is C37H38N2O5S. The van der Waals surface area contributed by atoms with Crippen LogP contribution in [0.1, 0.15) is 22.6 Å². The van der Waals surface area contributed by atoms with E-state index in [-0.39, 0.29) is 4.90 Å². The summed E-state index contributed by atoms with van der Waals surface area (Å²) in [6, 6.07) is 43.1. The van der Waals surface area contributed by atoms with Crippen molar-refractivity contribution in [2.45, 2.75) is 10.8 Å². The predicted molar refractivity (Wildman–Crippen MR) is 181 cm³/mol. The predicted octanol–water partition coefficient (Wildman–Crippen LogP) is 7.68. The van der Waals surface area contributed by atoms with Gasteiger partial charge in [0.2, 0.25) is 0 Å². The van der Waals surface area contributed by atoms with E-state index in [9.17, 15) is 13.0 Å². The van der Waals surface area contributed by atoms with Crippen LogP contribution in [0.5, 0.6) is 0 Å². The van der Waals surface area contributed by atoms with Crippen molar-refractivity contribution in [1.82, 2.24) is 0 Å². The number of anilines is 4. The maximum Gasteiger partial charge on any atom is 0.294 e. The normalized spacial score (nSPS) is 11.5. The lowest BCUT2D eigenvalue weighted by Gasteiger charge is -2.27. The fraction of sp³-hybridized carbons (Fsp3) is 0.189. The molecule has 0 unspecified atom stereocenters. The Balaban J connectivity index is 1.57. The maximum atomic E-state index is 12.5. The van der Waals surface area contributed by atoms with Crippen LogP contribution in [0.25, 0.3) is 0 Å². The van der Waals surface area contributed by atoms with Crippen molar-refractivity contribution in [3.05, 3.63) is 150 Å². The Bertz CT molecular complexity index is 1650. The Morgan fingerprint density at radius 1 is 0.556 bits per heavy atom. The SMILES string of the molecule is COCCN(c1ccccc1)c1ccc(C(c2ccc(N(CCOC)c3ccccc3)cc2)c2ccccc2S(=O)(=O)O)cc1. The molecule has 0 aliphatic carbocycles. The van der Waals surface area contributed by atoms with E-state index in [1.807, 2.05) is 84.9 Å². The number of methoxy groups -OCH3 is 2. The van der Waals surface area contributed by atoms with Crippen molar-refractivity contribution in [2.75, 3.05) is 50.3 Å². The lowest BCUT2D eigenvalue weighted by molar-refractivity contribution is 0.207. The summed E-state index contributed by atoms with van der Waals surface area (Å²) in [5, 5.41) is 0. The minimum atomic E-state index is -4.47. The molecule has 5 aromatic carbocycles. The largest absolute Gasteiger partial charge is 0.383 e. The summed E-state index contributed by atoms with van der Waals surface area (Å²) < 4.78 is 46.0. The topological polar surface area (TPSA) is 79.3 Å². The molecule has 0 atom stereocenters. The second-order valence-electron chi connectivity index (χ2n) is 10.6. The zero-order valence-electron chi connectivity index (χ0n) is 25.5. The summed E-state index contributed by atoms with van der Waals surface area (Å²) in [5.74, 6) is -0.459. The van der Waals surface area contributed by atoms with Crippen LogP contribution >= 0.6 is 0 Å². The Morgan fingerprint density at radius 3 is 1.33 bits per heavy atom. The minimum absolute atomic E-state index is 0.111. The van der Waals surface area contributed by atoms with Crippen molar-refractivity contribution in [3.63, 3.8) is 0 Å². The zero-order valence-corrected chi connectivity index (χ0v) is 26.3. The van der Waals surface area contributed by atoms with Gasteiger partial charge in [-0.3, -0.25) is 4.55 Å². The smallest absolute Gasteiger partial charge is 0.294 e. The fourth-order valence-corrected chi connectivity index (χ4v) is 6.33. The molecule has 0 saturated heterocycles. The van der Waals surface area contributed by atoms with Crippen molar-refractivity contribution in [3.8, 4) is 0 Å². The number of benzene rings is 5. The third kappa shape index (κ3) is 7.79. The molecule has 0 spiro atoms. The second kappa shape index (κ2) is 15.0. The van der Waals surface area contributed by atoms with Crippen LogP contribution in [-0.2, 0) is 19.6 Å². The van der Waals surface area contributed by atoms with Gasteiger partial charge in [-0.25, -0.2) is 0 Å². The fourth-order valence-electron chi connectivity index (χ4n) is 5.59. The Kier molecular flexibility index (Phi) is 10.7. The summed E-state index contributed by atoms with van der Waals surface area (Å²) >= 11 is 0. The first kappa shape index (κ1) is 31.9. The van der Waals surface area contributed by atoms with Gasteiger partial charge in [0.15, 0.2) is 0 Å². The molecule has 0 bridgehead atoms. The van der Waals surface area contributed by atoms with E-state index in [0.717, 1.165) is 33.9 Å². The van der Waals surface area contributed by atoms with Gasteiger partial charge in [0, 0.05) is 56.0 Å². The molecule has 1 N–H and O–H groups in total. The van der Waals surface area contributed by atoms with E-state index in [4.69, 9.17) is 9.47 Å². The zero-order chi connectivity index (χ0) is 31.6. The van der Waals surface area contributed by atoms with Crippen LogP contribution in [0.4, 0.5) is 22.7 Å². The van der Waals surface area contributed by atoms with Gasteiger partial charge < -0.3 is 19.3 Å². The third-order valence-corrected chi connectivity index (χ3v) is 8.69. The molecule has 45 heavy (non-hydrogen) atoms. The van der Waals surface area contributed by atoms with Crippen molar-refractivity contribution >= 4 is 32.9 Å². The molecule has 7 nitrogen and oxygen atoms in total. The van der Waals surface area contributed by atoms with Crippen LogP contribution in [-0.4, -0.2) is 53.5 Å². The van der Waals surface area contributed by atoms with Crippen molar-refractivity contribution in [2.24, 2.45) is 0 Å². The number of ether oxygens (including phenoxy) is 2. The molecule has 0 saturated carbocycles. The van der Waals surface area contributed by atoms with E-state index < -0.39 is 16.0 Å². The molecule has 8 heteroatoms. The second-order valence-corrected chi connectivity index (χ2v) is 12.0. The summed E-state index contributed by atoms with van der Waals surface area (Å²) in [4.78, 5) is 4.25. The molecule has 0 aromatic heterocycles. The van der Waals surface area contributed by atoms with Gasteiger partial charge >= 0.3 is 0 Å². The molecule has 232 valence electrons. The van der Waals surface area contributed by atoms with Gasteiger partial charge in [-0.05, 0) is 71.3 Å². The van der Waals surface area contributed by atoms with Crippen LogP contribution in [0.2, 0.25) is 0 Å². The van der Waals surface area contributed by atoms with E-state index in [2.05, 4.69) is 34.1 Å². The van der Waals surface area contributed by atoms with E-state index in [0.29, 0.717) is 31.9 Å². The lowest BCUT2D eigenvalue weighted by Crippen LogP contribution is -2.22. The van der Waals surface area contributed by atoms with Crippen LogP contribution in [0, 0.1) is 0 Å². The Labute approximate surface area is 266 Å². The lowest BCUT2D eigenvalue weighted by atomic mass is 9.85. The molecule has 0 radical (unpaired) electrons. The summed E-state index contributed by atoms with van der Waals surface area (Å²) in [6.45, 7) is 2.43. The van der Waals surface area contributed by atoms with Gasteiger partial charge in [0.25, 0.3) is 10.1 Å². The quantitative estimate of drug-likeness (QED) is 0.101. The molecule has 0 aliphatic rings. The first-order chi connectivity index (χ1) is 21.9. The molecular weight excluding hydrogens is 584 g/mol. The first-order valence-corrected chi connectivity index (χ1v) is 16.2. The summed E-state index contributed by atoms with van der Waals surface area (Å²) in [7, 11) is -1.10. The average molecular weight is 623 g/mol. The van der Waals surface area contributed by atoms with Gasteiger partial charge in [-0.15, -0.1) is 0 Å². The Morgan fingerprint density at radius 2 is 0.933 bits per heavy atom. The summed E-state index contributed by atoms with van der Waals surface area (Å²) in [5.41, 5.74) is 6.33. The van der Waals surface area contributed by atoms with E-state index in [1.165, 1.54) is 6.07 Å². The monoisotopic (exact) mass is 622 g/mol. The molecule has 0 aliphatic heterocycles. The van der Waals surface area contributed by atoms with E-state index >= 15 is 0 Å². The average Bonchev–Trinajstić information content (AvgIpc) is 3.07. The highest BCUT2D eigenvalue weighted by Crippen LogP contribution is 2.38. The molecule has 0 fully saturated rings. The van der Waals surface area contributed by atoms with Crippen LogP contribution in [0.15, 0.2) is 138 Å². The maximum absolute atomic E-state index is 12.5. The van der Waals surface area contributed by atoms with Crippen molar-refractivity contribution < 1.29 is 22.4 Å². The van der Waals surface area contributed by atoms with Gasteiger partial charge in [0.05, 0.1) is 18.1 Å². The van der Waals surface area contributed by atoms with Crippen LogP contribution in [0.3, 0.4) is 0 Å². The Hall–Kier alpha value is -4.47. The highest BCUT2D eigenvalue weighted by Gasteiger charge is 2.25. The number of hydrogen-bond donors (Lipinski definition) is 1.